The average molecular weight is 357 g/mol. The molecule has 0 bridgehead atoms. The fraction of sp³-hybridized carbons (Fsp3) is 0.357. The van der Waals surface area contributed by atoms with Gasteiger partial charge in [0.25, 0.3) is 0 Å². The van der Waals surface area contributed by atoms with Gasteiger partial charge < -0.3 is 4.74 Å². The first-order valence-corrected chi connectivity index (χ1v) is 7.31. The summed E-state index contributed by atoms with van der Waals surface area (Å²) in [6.07, 6.45) is 1.68. The molecule has 3 N–H and O–H groups in total. The first-order valence-electron chi connectivity index (χ1n) is 6.52. The van der Waals surface area contributed by atoms with Crippen LogP contribution in [0.15, 0.2) is 28.9 Å². The van der Waals surface area contributed by atoms with Gasteiger partial charge >= 0.3 is 0 Å². The normalized spacial score (nSPS) is 12.7. The smallest absolute Gasteiger partial charge is 0.132 e. The fourth-order valence-electron chi connectivity index (χ4n) is 2.22. The number of hydrazine groups is 1. The summed E-state index contributed by atoms with van der Waals surface area (Å²) < 4.78 is 21.9. The van der Waals surface area contributed by atoms with Crippen LogP contribution >= 0.6 is 15.9 Å². The number of aromatic nitrogens is 2. The molecule has 0 spiro atoms. The van der Waals surface area contributed by atoms with E-state index in [-0.39, 0.29) is 11.9 Å². The molecule has 2 rings (SSSR count). The molecule has 0 amide bonds. The Morgan fingerprint density at radius 1 is 1.43 bits per heavy atom. The van der Waals surface area contributed by atoms with Crippen LogP contribution in [0.3, 0.4) is 0 Å². The molecule has 1 atom stereocenters. The van der Waals surface area contributed by atoms with E-state index in [1.54, 1.807) is 23.0 Å². The Morgan fingerprint density at radius 3 is 2.67 bits per heavy atom. The maximum absolute atomic E-state index is 14.3. The van der Waals surface area contributed by atoms with E-state index in [0.29, 0.717) is 11.3 Å². The van der Waals surface area contributed by atoms with Gasteiger partial charge in [-0.25, -0.2) is 9.82 Å². The second-order valence-corrected chi connectivity index (χ2v) is 5.76. The van der Waals surface area contributed by atoms with Crippen molar-refractivity contribution in [3.8, 4) is 5.75 Å². The van der Waals surface area contributed by atoms with Crippen LogP contribution in [0.2, 0.25) is 0 Å². The molecule has 0 aliphatic carbocycles. The summed E-state index contributed by atoms with van der Waals surface area (Å²) in [4.78, 5) is 0. The number of methoxy groups -OCH3 is 1. The number of rotatable bonds is 5. The average Bonchev–Trinajstić information content (AvgIpc) is 2.83. The van der Waals surface area contributed by atoms with Gasteiger partial charge in [-0.2, -0.15) is 5.10 Å². The highest BCUT2D eigenvalue weighted by molar-refractivity contribution is 9.10. The fourth-order valence-corrected chi connectivity index (χ4v) is 2.72. The SMILES string of the molecule is COc1ccc(C(NN)c2c(Br)cnn2C(C)C)c(F)c1. The van der Waals surface area contributed by atoms with Crippen LogP contribution < -0.4 is 16.0 Å². The molecule has 114 valence electrons. The van der Waals surface area contributed by atoms with Crippen molar-refractivity contribution in [3.05, 3.63) is 45.9 Å². The highest BCUT2D eigenvalue weighted by Crippen LogP contribution is 2.32. The van der Waals surface area contributed by atoms with Crippen molar-refractivity contribution in [2.45, 2.75) is 25.9 Å². The van der Waals surface area contributed by atoms with Gasteiger partial charge in [0, 0.05) is 17.7 Å². The molecule has 0 saturated carbocycles. The van der Waals surface area contributed by atoms with Crippen molar-refractivity contribution in [2.75, 3.05) is 7.11 Å². The Labute approximate surface area is 131 Å². The molecule has 0 saturated heterocycles. The number of hydrogen-bond donors (Lipinski definition) is 2. The van der Waals surface area contributed by atoms with Gasteiger partial charge in [0.15, 0.2) is 0 Å². The topological polar surface area (TPSA) is 65.1 Å². The molecule has 0 radical (unpaired) electrons. The Kier molecular flexibility index (Phi) is 4.97. The summed E-state index contributed by atoms with van der Waals surface area (Å²) in [6.45, 7) is 4.00. The highest BCUT2D eigenvalue weighted by atomic mass is 79.9. The van der Waals surface area contributed by atoms with E-state index >= 15 is 0 Å². The first-order chi connectivity index (χ1) is 9.99. The number of halogens is 2. The molecular formula is C14H18BrFN4O. The molecule has 1 aromatic heterocycles. The number of nitrogens with two attached hydrogens (primary N) is 1. The summed E-state index contributed by atoms with van der Waals surface area (Å²) in [5.74, 6) is 5.74. The van der Waals surface area contributed by atoms with E-state index in [0.717, 1.165) is 10.2 Å². The van der Waals surface area contributed by atoms with Crippen molar-refractivity contribution in [3.63, 3.8) is 0 Å². The zero-order valence-corrected chi connectivity index (χ0v) is 13.7. The van der Waals surface area contributed by atoms with Gasteiger partial charge in [0.2, 0.25) is 0 Å². The van der Waals surface area contributed by atoms with Crippen LogP contribution in [0, 0.1) is 5.82 Å². The van der Waals surface area contributed by atoms with Gasteiger partial charge in [-0.1, -0.05) is 6.07 Å². The molecule has 5 nitrogen and oxygen atoms in total. The Morgan fingerprint density at radius 2 is 2.14 bits per heavy atom. The largest absolute Gasteiger partial charge is 0.497 e. The third-order valence-electron chi connectivity index (χ3n) is 3.23. The molecule has 1 aromatic carbocycles. The highest BCUT2D eigenvalue weighted by Gasteiger charge is 2.24. The van der Waals surface area contributed by atoms with Crippen LogP contribution in [0.4, 0.5) is 4.39 Å². The lowest BCUT2D eigenvalue weighted by atomic mass is 10.0. The Balaban J connectivity index is 2.52. The number of nitrogens with zero attached hydrogens (tertiary/aromatic N) is 2. The van der Waals surface area contributed by atoms with E-state index in [2.05, 4.69) is 26.5 Å². The Hall–Kier alpha value is -1.44. The molecular weight excluding hydrogens is 339 g/mol. The summed E-state index contributed by atoms with van der Waals surface area (Å²) in [5, 5.41) is 4.30. The number of nitrogens with one attached hydrogen (secondary N) is 1. The number of hydrogen-bond acceptors (Lipinski definition) is 4. The molecule has 21 heavy (non-hydrogen) atoms. The minimum atomic E-state index is -0.518. The number of ether oxygens (including phenoxy) is 1. The summed E-state index contributed by atoms with van der Waals surface area (Å²) in [5.41, 5.74) is 3.87. The van der Waals surface area contributed by atoms with E-state index < -0.39 is 6.04 Å². The molecule has 1 unspecified atom stereocenters. The summed E-state index contributed by atoms with van der Waals surface area (Å²) in [6, 6.07) is 4.30. The second kappa shape index (κ2) is 6.55. The second-order valence-electron chi connectivity index (χ2n) is 4.90. The van der Waals surface area contributed by atoms with Crippen LogP contribution in [0.1, 0.15) is 37.2 Å². The van der Waals surface area contributed by atoms with Crippen molar-refractivity contribution >= 4 is 15.9 Å². The van der Waals surface area contributed by atoms with E-state index in [1.165, 1.54) is 13.2 Å². The van der Waals surface area contributed by atoms with Crippen LogP contribution in [0.25, 0.3) is 0 Å². The van der Waals surface area contributed by atoms with Gasteiger partial charge in [0.05, 0.1) is 29.5 Å². The molecule has 0 aliphatic rings. The lowest BCUT2D eigenvalue weighted by Gasteiger charge is -2.21. The van der Waals surface area contributed by atoms with Crippen LogP contribution in [-0.4, -0.2) is 16.9 Å². The van der Waals surface area contributed by atoms with Gasteiger partial charge in [-0.15, -0.1) is 0 Å². The molecule has 0 aliphatic heterocycles. The summed E-state index contributed by atoms with van der Waals surface area (Å²) >= 11 is 3.45. The monoisotopic (exact) mass is 356 g/mol. The lowest BCUT2D eigenvalue weighted by Crippen LogP contribution is -2.32. The van der Waals surface area contributed by atoms with Gasteiger partial charge in [-0.05, 0) is 35.8 Å². The lowest BCUT2D eigenvalue weighted by molar-refractivity contribution is 0.409. The zero-order chi connectivity index (χ0) is 15.6. The van der Waals surface area contributed by atoms with Gasteiger partial charge in [0.1, 0.15) is 11.6 Å². The van der Waals surface area contributed by atoms with Crippen molar-refractivity contribution < 1.29 is 9.13 Å². The van der Waals surface area contributed by atoms with Crippen LogP contribution in [-0.2, 0) is 0 Å². The van der Waals surface area contributed by atoms with Crippen molar-refractivity contribution in [1.29, 1.82) is 0 Å². The van der Waals surface area contributed by atoms with E-state index in [1.807, 2.05) is 13.8 Å². The van der Waals surface area contributed by atoms with E-state index in [9.17, 15) is 4.39 Å². The molecule has 1 heterocycles. The van der Waals surface area contributed by atoms with Crippen molar-refractivity contribution in [1.82, 2.24) is 15.2 Å². The maximum Gasteiger partial charge on any atom is 0.132 e. The third-order valence-corrected chi connectivity index (χ3v) is 3.85. The summed E-state index contributed by atoms with van der Waals surface area (Å²) in [7, 11) is 1.50. The predicted molar refractivity (Wildman–Crippen MR) is 82.4 cm³/mol. The van der Waals surface area contributed by atoms with Crippen molar-refractivity contribution in [2.24, 2.45) is 5.84 Å². The van der Waals surface area contributed by atoms with Crippen LogP contribution in [0.5, 0.6) is 5.75 Å². The minimum Gasteiger partial charge on any atom is -0.497 e. The maximum atomic E-state index is 14.3. The zero-order valence-electron chi connectivity index (χ0n) is 12.1. The molecule has 7 heteroatoms. The molecule has 2 aromatic rings. The Bertz CT molecular complexity index is 629. The third kappa shape index (κ3) is 3.09. The van der Waals surface area contributed by atoms with E-state index in [4.69, 9.17) is 10.6 Å². The quantitative estimate of drug-likeness (QED) is 0.638. The standard InChI is InChI=1S/C14H18BrFN4O/c1-8(2)20-14(11(15)7-18-20)13(19-17)10-5-4-9(21-3)6-12(10)16/h4-8,13,19H,17H2,1-3H3. The molecule has 0 fully saturated rings. The first kappa shape index (κ1) is 15.9. The predicted octanol–water partition coefficient (Wildman–Crippen LogP) is 2.93. The minimum absolute atomic E-state index is 0.128. The van der Waals surface area contributed by atoms with Gasteiger partial charge in [-0.3, -0.25) is 10.5 Å². The number of benzene rings is 1.